The lowest BCUT2D eigenvalue weighted by Crippen LogP contribution is -2.07. The highest BCUT2D eigenvalue weighted by Crippen LogP contribution is 2.34. The van der Waals surface area contributed by atoms with Crippen LogP contribution in [0, 0.1) is 13.8 Å². The van der Waals surface area contributed by atoms with E-state index in [-0.39, 0.29) is 6.10 Å². The van der Waals surface area contributed by atoms with Crippen LogP contribution in [0.2, 0.25) is 0 Å². The first kappa shape index (κ1) is 12.7. The van der Waals surface area contributed by atoms with E-state index in [9.17, 15) is 0 Å². The number of ether oxygens (including phenoxy) is 1. The highest BCUT2D eigenvalue weighted by molar-refractivity contribution is 5.74. The van der Waals surface area contributed by atoms with Gasteiger partial charge in [-0.05, 0) is 50.5 Å². The minimum Gasteiger partial charge on any atom is -0.490 e. The molecule has 0 unspecified atom stereocenters. The van der Waals surface area contributed by atoms with Gasteiger partial charge in [0.1, 0.15) is 5.75 Å². The fraction of sp³-hybridized carbons (Fsp3) is 0.294. The second-order valence-electron chi connectivity index (χ2n) is 4.99. The van der Waals surface area contributed by atoms with Gasteiger partial charge in [-0.2, -0.15) is 0 Å². The van der Waals surface area contributed by atoms with E-state index in [2.05, 4.69) is 64.1 Å². The van der Waals surface area contributed by atoms with Gasteiger partial charge in [-0.1, -0.05) is 36.4 Å². The SMILES string of the molecule is Cc1cc(C)c(-c2ccccc2)c(OC(C)C)c1. The maximum Gasteiger partial charge on any atom is 0.128 e. The summed E-state index contributed by atoms with van der Waals surface area (Å²) in [7, 11) is 0. The van der Waals surface area contributed by atoms with Crippen LogP contribution in [0.4, 0.5) is 0 Å². The third-order valence-electron chi connectivity index (χ3n) is 2.87. The van der Waals surface area contributed by atoms with Crippen LogP contribution in [0.1, 0.15) is 25.0 Å². The first-order chi connectivity index (χ1) is 8.58. The van der Waals surface area contributed by atoms with Crippen molar-refractivity contribution in [2.75, 3.05) is 0 Å². The second kappa shape index (κ2) is 5.26. The molecule has 1 nitrogen and oxygen atoms in total. The highest BCUT2D eigenvalue weighted by atomic mass is 16.5. The van der Waals surface area contributed by atoms with Crippen molar-refractivity contribution in [3.8, 4) is 16.9 Å². The zero-order valence-corrected chi connectivity index (χ0v) is 11.5. The zero-order valence-electron chi connectivity index (χ0n) is 11.5. The molecule has 0 aliphatic rings. The molecule has 2 aromatic rings. The molecule has 0 radical (unpaired) electrons. The molecule has 0 aliphatic carbocycles. The quantitative estimate of drug-likeness (QED) is 0.751. The van der Waals surface area contributed by atoms with Gasteiger partial charge in [0.2, 0.25) is 0 Å². The van der Waals surface area contributed by atoms with Gasteiger partial charge in [0.25, 0.3) is 0 Å². The summed E-state index contributed by atoms with van der Waals surface area (Å²) in [6, 6.07) is 14.7. The molecule has 0 saturated carbocycles. The minimum absolute atomic E-state index is 0.189. The summed E-state index contributed by atoms with van der Waals surface area (Å²) < 4.78 is 5.96. The van der Waals surface area contributed by atoms with E-state index >= 15 is 0 Å². The van der Waals surface area contributed by atoms with E-state index in [0.717, 1.165) is 5.75 Å². The van der Waals surface area contributed by atoms with Gasteiger partial charge in [-0.15, -0.1) is 0 Å². The first-order valence-electron chi connectivity index (χ1n) is 6.41. The molecule has 0 aromatic heterocycles. The van der Waals surface area contributed by atoms with Gasteiger partial charge in [0.15, 0.2) is 0 Å². The maximum atomic E-state index is 5.96. The first-order valence-corrected chi connectivity index (χ1v) is 6.41. The van der Waals surface area contributed by atoms with Crippen molar-refractivity contribution in [2.45, 2.75) is 33.8 Å². The third kappa shape index (κ3) is 2.73. The van der Waals surface area contributed by atoms with E-state index in [0.29, 0.717) is 0 Å². The monoisotopic (exact) mass is 240 g/mol. The Labute approximate surface area is 109 Å². The van der Waals surface area contributed by atoms with Crippen molar-refractivity contribution in [1.29, 1.82) is 0 Å². The Kier molecular flexibility index (Phi) is 3.71. The molecule has 1 heteroatoms. The van der Waals surface area contributed by atoms with Crippen LogP contribution >= 0.6 is 0 Å². The Bertz CT molecular complexity index is 527. The molecule has 0 spiro atoms. The van der Waals surface area contributed by atoms with E-state index in [1.54, 1.807) is 0 Å². The predicted molar refractivity (Wildman–Crippen MR) is 77.1 cm³/mol. The van der Waals surface area contributed by atoms with Gasteiger partial charge in [0, 0.05) is 5.56 Å². The second-order valence-corrected chi connectivity index (χ2v) is 4.99. The van der Waals surface area contributed by atoms with Crippen molar-refractivity contribution in [3.63, 3.8) is 0 Å². The van der Waals surface area contributed by atoms with E-state index < -0.39 is 0 Å². The van der Waals surface area contributed by atoms with Gasteiger partial charge >= 0.3 is 0 Å². The number of hydrogen-bond acceptors (Lipinski definition) is 1. The lowest BCUT2D eigenvalue weighted by atomic mass is 9.97. The van der Waals surface area contributed by atoms with Crippen LogP contribution < -0.4 is 4.74 Å². The summed E-state index contributed by atoms with van der Waals surface area (Å²) in [5.41, 5.74) is 4.92. The molecule has 18 heavy (non-hydrogen) atoms. The fourth-order valence-corrected chi connectivity index (χ4v) is 2.25. The van der Waals surface area contributed by atoms with Gasteiger partial charge in [0.05, 0.1) is 6.10 Å². The Hall–Kier alpha value is -1.76. The average Bonchev–Trinajstić information content (AvgIpc) is 2.28. The Morgan fingerprint density at radius 2 is 1.61 bits per heavy atom. The number of rotatable bonds is 3. The Morgan fingerprint density at radius 1 is 0.944 bits per heavy atom. The molecule has 2 rings (SSSR count). The molecule has 94 valence electrons. The average molecular weight is 240 g/mol. The Morgan fingerprint density at radius 3 is 2.22 bits per heavy atom. The Balaban J connectivity index is 2.57. The van der Waals surface area contributed by atoms with Crippen molar-refractivity contribution >= 4 is 0 Å². The normalized spacial score (nSPS) is 10.7. The lowest BCUT2D eigenvalue weighted by molar-refractivity contribution is 0.243. The smallest absolute Gasteiger partial charge is 0.128 e. The van der Waals surface area contributed by atoms with Crippen molar-refractivity contribution in [2.24, 2.45) is 0 Å². The van der Waals surface area contributed by atoms with Crippen molar-refractivity contribution < 1.29 is 4.74 Å². The summed E-state index contributed by atoms with van der Waals surface area (Å²) in [4.78, 5) is 0. The molecule has 0 bridgehead atoms. The van der Waals surface area contributed by atoms with E-state index in [4.69, 9.17) is 4.74 Å². The van der Waals surface area contributed by atoms with Crippen LogP contribution in [0.15, 0.2) is 42.5 Å². The predicted octanol–water partition coefficient (Wildman–Crippen LogP) is 4.76. The molecule has 0 saturated heterocycles. The number of hydrogen-bond donors (Lipinski definition) is 0. The lowest BCUT2D eigenvalue weighted by Gasteiger charge is -2.17. The van der Waals surface area contributed by atoms with E-state index in [1.807, 2.05) is 6.07 Å². The van der Waals surface area contributed by atoms with Gasteiger partial charge in [-0.25, -0.2) is 0 Å². The highest BCUT2D eigenvalue weighted by Gasteiger charge is 2.11. The third-order valence-corrected chi connectivity index (χ3v) is 2.87. The van der Waals surface area contributed by atoms with Crippen molar-refractivity contribution in [1.82, 2.24) is 0 Å². The van der Waals surface area contributed by atoms with Crippen LogP contribution in [0.3, 0.4) is 0 Å². The van der Waals surface area contributed by atoms with Crippen molar-refractivity contribution in [3.05, 3.63) is 53.6 Å². The summed E-state index contributed by atoms with van der Waals surface area (Å²) in [5, 5.41) is 0. The summed E-state index contributed by atoms with van der Waals surface area (Å²) in [5.74, 6) is 0.980. The van der Waals surface area contributed by atoms with Gasteiger partial charge < -0.3 is 4.74 Å². The molecular weight excluding hydrogens is 220 g/mol. The zero-order chi connectivity index (χ0) is 13.1. The number of benzene rings is 2. The largest absolute Gasteiger partial charge is 0.490 e. The number of aryl methyl sites for hydroxylation is 2. The summed E-state index contributed by atoms with van der Waals surface area (Å²) in [6.07, 6.45) is 0.189. The van der Waals surface area contributed by atoms with E-state index in [1.165, 1.54) is 22.3 Å². The molecule has 0 N–H and O–H groups in total. The molecule has 0 atom stereocenters. The standard InChI is InChI=1S/C17H20O/c1-12(2)18-16-11-13(3)10-14(4)17(16)15-8-6-5-7-9-15/h5-12H,1-4H3. The minimum atomic E-state index is 0.189. The van der Waals surface area contributed by atoms with Crippen LogP contribution in [-0.2, 0) is 0 Å². The van der Waals surface area contributed by atoms with Crippen LogP contribution in [-0.4, -0.2) is 6.10 Å². The fourth-order valence-electron chi connectivity index (χ4n) is 2.25. The summed E-state index contributed by atoms with van der Waals surface area (Å²) in [6.45, 7) is 8.37. The van der Waals surface area contributed by atoms with Crippen LogP contribution in [0.25, 0.3) is 11.1 Å². The molecular formula is C17H20O. The molecule has 0 heterocycles. The summed E-state index contributed by atoms with van der Waals surface area (Å²) >= 11 is 0. The molecule has 0 fully saturated rings. The van der Waals surface area contributed by atoms with Gasteiger partial charge in [-0.3, -0.25) is 0 Å². The molecule has 0 aliphatic heterocycles. The molecule has 0 amide bonds. The maximum absolute atomic E-state index is 5.96. The van der Waals surface area contributed by atoms with Crippen LogP contribution in [0.5, 0.6) is 5.75 Å². The topological polar surface area (TPSA) is 9.23 Å². The molecule has 2 aromatic carbocycles.